The van der Waals surface area contributed by atoms with Crippen LogP contribution in [0.1, 0.15) is 5.56 Å². The molecular weight excluding hydrogens is 253 g/mol. The molecule has 0 radical (unpaired) electrons. The molecule has 0 aromatic carbocycles. The molecule has 2 nitrogen and oxygen atoms in total. The summed E-state index contributed by atoms with van der Waals surface area (Å²) in [6, 6.07) is 0. The summed E-state index contributed by atoms with van der Waals surface area (Å²) >= 11 is 14.5. The van der Waals surface area contributed by atoms with Crippen molar-refractivity contribution in [2.45, 2.75) is 6.61 Å². The molecule has 0 saturated carbocycles. The first-order valence-electron chi connectivity index (χ1n) is 2.76. The number of aliphatic hydroxyl groups excluding tert-OH is 1. The van der Waals surface area contributed by atoms with Crippen LogP contribution in [0.4, 0.5) is 0 Å². The fourth-order valence-electron chi connectivity index (χ4n) is 0.622. The zero-order valence-corrected chi connectivity index (χ0v) is 8.41. The zero-order valence-electron chi connectivity index (χ0n) is 5.31. The highest BCUT2D eigenvalue weighted by Crippen LogP contribution is 2.29. The summed E-state index contributed by atoms with van der Waals surface area (Å²) in [6.45, 7) is -0.182. The molecule has 1 N–H and O–H groups in total. The molecule has 0 aliphatic heterocycles. The largest absolute Gasteiger partial charge is 0.392 e. The van der Waals surface area contributed by atoms with Crippen LogP contribution in [0.3, 0.4) is 0 Å². The summed E-state index contributed by atoms with van der Waals surface area (Å²) < 4.78 is 0.493. The van der Waals surface area contributed by atoms with Gasteiger partial charge in [0.1, 0.15) is 4.60 Å². The third kappa shape index (κ3) is 1.85. The van der Waals surface area contributed by atoms with Crippen molar-refractivity contribution in [2.75, 3.05) is 0 Å². The molecule has 0 aliphatic rings. The van der Waals surface area contributed by atoms with Crippen LogP contribution in [0.25, 0.3) is 0 Å². The van der Waals surface area contributed by atoms with Crippen LogP contribution in [-0.4, -0.2) is 10.1 Å². The van der Waals surface area contributed by atoms with Crippen LogP contribution in [0.5, 0.6) is 0 Å². The fraction of sp³-hybridized carbons (Fsp3) is 0.167. The number of aliphatic hydroxyl groups is 1. The second-order valence-electron chi connectivity index (χ2n) is 1.85. The van der Waals surface area contributed by atoms with Gasteiger partial charge >= 0.3 is 0 Å². The lowest BCUT2D eigenvalue weighted by Crippen LogP contribution is -1.89. The average molecular weight is 257 g/mol. The molecule has 0 unspecified atom stereocenters. The van der Waals surface area contributed by atoms with Crippen molar-refractivity contribution < 1.29 is 5.11 Å². The lowest BCUT2D eigenvalue weighted by atomic mass is 10.3. The predicted octanol–water partition coefficient (Wildman–Crippen LogP) is 2.64. The molecule has 1 aromatic rings. The Morgan fingerprint density at radius 1 is 1.55 bits per heavy atom. The maximum atomic E-state index is 8.81. The first-order valence-corrected chi connectivity index (χ1v) is 4.31. The summed E-state index contributed by atoms with van der Waals surface area (Å²) in [5.74, 6) is 0. The van der Waals surface area contributed by atoms with Gasteiger partial charge in [0.05, 0.1) is 16.7 Å². The van der Waals surface area contributed by atoms with E-state index in [2.05, 4.69) is 20.9 Å². The zero-order chi connectivity index (χ0) is 8.43. The highest BCUT2D eigenvalue weighted by molar-refractivity contribution is 9.10. The molecular formula is C6H4BrCl2NO. The van der Waals surface area contributed by atoms with Crippen LogP contribution in [0, 0.1) is 0 Å². The van der Waals surface area contributed by atoms with Crippen molar-refractivity contribution in [2.24, 2.45) is 0 Å². The van der Waals surface area contributed by atoms with Gasteiger partial charge < -0.3 is 5.11 Å². The molecule has 0 amide bonds. The molecule has 5 heteroatoms. The quantitative estimate of drug-likeness (QED) is 0.784. The fourth-order valence-corrected chi connectivity index (χ4v) is 1.43. The van der Waals surface area contributed by atoms with Gasteiger partial charge in [0.15, 0.2) is 0 Å². The van der Waals surface area contributed by atoms with E-state index in [0.29, 0.717) is 20.2 Å². The van der Waals surface area contributed by atoms with Gasteiger partial charge in [-0.05, 0) is 15.9 Å². The Morgan fingerprint density at radius 2 is 2.18 bits per heavy atom. The molecule has 0 aliphatic carbocycles. The molecule has 0 spiro atoms. The van der Waals surface area contributed by atoms with Crippen LogP contribution < -0.4 is 0 Å². The third-order valence-corrected chi connectivity index (χ3v) is 2.75. The number of hydrogen-bond donors (Lipinski definition) is 1. The minimum Gasteiger partial charge on any atom is -0.392 e. The van der Waals surface area contributed by atoms with Crippen molar-refractivity contribution in [3.05, 3.63) is 26.4 Å². The number of hydrogen-bond acceptors (Lipinski definition) is 2. The van der Waals surface area contributed by atoms with Gasteiger partial charge in [-0.3, -0.25) is 0 Å². The smallest absolute Gasteiger partial charge is 0.125 e. The van der Waals surface area contributed by atoms with Crippen molar-refractivity contribution in [1.82, 2.24) is 4.98 Å². The van der Waals surface area contributed by atoms with E-state index in [-0.39, 0.29) is 6.61 Å². The Morgan fingerprint density at radius 3 is 2.64 bits per heavy atom. The second-order valence-corrected chi connectivity index (χ2v) is 3.38. The van der Waals surface area contributed by atoms with Gasteiger partial charge in [-0.1, -0.05) is 23.2 Å². The summed E-state index contributed by atoms with van der Waals surface area (Å²) in [4.78, 5) is 3.83. The molecule has 1 rings (SSSR count). The first kappa shape index (κ1) is 9.26. The minimum atomic E-state index is -0.182. The Bertz CT molecular complexity index is 280. The SMILES string of the molecule is OCc1c(Cl)cnc(Br)c1Cl. The minimum absolute atomic E-state index is 0.182. The van der Waals surface area contributed by atoms with Gasteiger partial charge in [-0.15, -0.1) is 0 Å². The summed E-state index contributed by atoms with van der Waals surface area (Å²) in [5, 5.41) is 9.54. The van der Waals surface area contributed by atoms with Crippen LogP contribution in [0.2, 0.25) is 10.0 Å². The maximum absolute atomic E-state index is 8.81. The summed E-state index contributed by atoms with van der Waals surface area (Å²) in [5.41, 5.74) is 0.496. The van der Waals surface area contributed by atoms with Gasteiger partial charge in [-0.25, -0.2) is 4.98 Å². The van der Waals surface area contributed by atoms with Crippen molar-refractivity contribution in [3.63, 3.8) is 0 Å². The standard InChI is InChI=1S/C6H4BrCl2NO/c7-6-5(9)3(2-11)4(8)1-10-6/h1,11H,2H2. The van der Waals surface area contributed by atoms with Gasteiger partial charge in [0.25, 0.3) is 0 Å². The molecule has 1 heterocycles. The van der Waals surface area contributed by atoms with E-state index in [1.807, 2.05) is 0 Å². The van der Waals surface area contributed by atoms with E-state index >= 15 is 0 Å². The highest BCUT2D eigenvalue weighted by Gasteiger charge is 2.08. The van der Waals surface area contributed by atoms with Gasteiger partial charge in [0, 0.05) is 11.8 Å². The lowest BCUT2D eigenvalue weighted by Gasteiger charge is -2.03. The maximum Gasteiger partial charge on any atom is 0.125 e. The Balaban J connectivity index is 3.29. The van der Waals surface area contributed by atoms with Gasteiger partial charge in [0.2, 0.25) is 0 Å². The lowest BCUT2D eigenvalue weighted by molar-refractivity contribution is 0.282. The molecule has 0 saturated heterocycles. The molecule has 1 aromatic heterocycles. The Hall–Kier alpha value is 0.170. The third-order valence-electron chi connectivity index (χ3n) is 1.18. The van der Waals surface area contributed by atoms with Crippen LogP contribution >= 0.6 is 39.1 Å². The van der Waals surface area contributed by atoms with Gasteiger partial charge in [-0.2, -0.15) is 0 Å². The van der Waals surface area contributed by atoms with Crippen LogP contribution in [0.15, 0.2) is 10.8 Å². The van der Waals surface area contributed by atoms with E-state index in [1.165, 1.54) is 6.20 Å². The first-order chi connectivity index (χ1) is 5.16. The molecule has 0 atom stereocenters. The molecule has 11 heavy (non-hydrogen) atoms. The van der Waals surface area contributed by atoms with Crippen LogP contribution in [-0.2, 0) is 6.61 Å². The summed E-state index contributed by atoms with van der Waals surface area (Å²) in [7, 11) is 0. The Kier molecular flexibility index (Phi) is 3.13. The van der Waals surface area contributed by atoms with E-state index in [4.69, 9.17) is 28.3 Å². The predicted molar refractivity (Wildman–Crippen MR) is 47.9 cm³/mol. The number of aromatic nitrogens is 1. The Labute approximate surface area is 82.3 Å². The van der Waals surface area contributed by atoms with E-state index in [9.17, 15) is 0 Å². The monoisotopic (exact) mass is 255 g/mol. The number of halogens is 3. The van der Waals surface area contributed by atoms with E-state index < -0.39 is 0 Å². The normalized spacial score (nSPS) is 10.2. The van der Waals surface area contributed by atoms with Crippen molar-refractivity contribution in [1.29, 1.82) is 0 Å². The van der Waals surface area contributed by atoms with E-state index in [1.54, 1.807) is 0 Å². The topological polar surface area (TPSA) is 33.1 Å². The van der Waals surface area contributed by atoms with Crippen molar-refractivity contribution >= 4 is 39.1 Å². The molecule has 0 bridgehead atoms. The van der Waals surface area contributed by atoms with Crippen molar-refractivity contribution in [3.8, 4) is 0 Å². The highest BCUT2D eigenvalue weighted by atomic mass is 79.9. The molecule has 60 valence electrons. The molecule has 0 fully saturated rings. The number of nitrogens with zero attached hydrogens (tertiary/aromatic N) is 1. The summed E-state index contributed by atoms with van der Waals surface area (Å²) in [6.07, 6.45) is 1.43. The number of pyridine rings is 1. The average Bonchev–Trinajstić information content (AvgIpc) is 1.99. The number of rotatable bonds is 1. The second kappa shape index (κ2) is 3.72. The van der Waals surface area contributed by atoms with E-state index in [0.717, 1.165) is 0 Å².